The van der Waals surface area contributed by atoms with Crippen molar-refractivity contribution < 1.29 is 9.53 Å². The highest BCUT2D eigenvalue weighted by atomic mass is 16.6. The maximum atomic E-state index is 11.4. The van der Waals surface area contributed by atoms with Gasteiger partial charge in [0, 0.05) is 19.1 Å². The van der Waals surface area contributed by atoms with E-state index in [1.54, 1.807) is 0 Å². The number of likely N-dealkylation sites (tertiary alicyclic amines) is 1. The highest BCUT2D eigenvalue weighted by Gasteiger charge is 2.18. The van der Waals surface area contributed by atoms with Gasteiger partial charge in [0.25, 0.3) is 0 Å². The molecular formula is C15H31N3O2. The van der Waals surface area contributed by atoms with Gasteiger partial charge in [0.05, 0.1) is 0 Å². The summed E-state index contributed by atoms with van der Waals surface area (Å²) in [6, 6.07) is 0.602. The molecule has 1 atom stereocenters. The maximum Gasteiger partial charge on any atom is 0.407 e. The van der Waals surface area contributed by atoms with Gasteiger partial charge >= 0.3 is 6.09 Å². The van der Waals surface area contributed by atoms with Crippen molar-refractivity contribution >= 4 is 6.09 Å². The third-order valence-corrected chi connectivity index (χ3v) is 3.41. The topological polar surface area (TPSA) is 53.6 Å². The van der Waals surface area contributed by atoms with Crippen molar-refractivity contribution in [2.75, 3.05) is 32.7 Å². The molecule has 20 heavy (non-hydrogen) atoms. The molecule has 118 valence electrons. The van der Waals surface area contributed by atoms with Crippen LogP contribution in [0.2, 0.25) is 0 Å². The highest BCUT2D eigenvalue weighted by Crippen LogP contribution is 2.09. The molecule has 1 fully saturated rings. The number of carbonyl (C=O) groups is 1. The number of ether oxygens (including phenoxy) is 1. The van der Waals surface area contributed by atoms with Gasteiger partial charge in [-0.2, -0.15) is 0 Å². The van der Waals surface area contributed by atoms with Crippen molar-refractivity contribution in [1.82, 2.24) is 15.5 Å². The van der Waals surface area contributed by atoms with Crippen molar-refractivity contribution in [3.8, 4) is 0 Å². The van der Waals surface area contributed by atoms with Crippen LogP contribution in [0.25, 0.3) is 0 Å². The van der Waals surface area contributed by atoms with Crippen LogP contribution in [0.4, 0.5) is 4.79 Å². The summed E-state index contributed by atoms with van der Waals surface area (Å²) in [6.07, 6.45) is 3.15. The average molecular weight is 285 g/mol. The number of alkyl carbamates (subject to hydrolysis) is 1. The Bertz CT molecular complexity index is 289. The number of amides is 1. The van der Waals surface area contributed by atoms with E-state index in [2.05, 4.69) is 22.5 Å². The molecule has 1 aliphatic heterocycles. The number of hydrogen-bond donors (Lipinski definition) is 2. The molecule has 0 aromatic carbocycles. The van der Waals surface area contributed by atoms with E-state index in [0.29, 0.717) is 12.6 Å². The van der Waals surface area contributed by atoms with Crippen LogP contribution in [-0.4, -0.2) is 55.4 Å². The Kier molecular flexibility index (Phi) is 7.30. The predicted octanol–water partition coefficient (Wildman–Crippen LogP) is 1.98. The van der Waals surface area contributed by atoms with Crippen molar-refractivity contribution in [2.45, 2.75) is 58.6 Å². The zero-order chi connectivity index (χ0) is 15.0. The van der Waals surface area contributed by atoms with Crippen molar-refractivity contribution in [3.05, 3.63) is 0 Å². The Morgan fingerprint density at radius 1 is 1.35 bits per heavy atom. The van der Waals surface area contributed by atoms with E-state index in [-0.39, 0.29) is 6.09 Å². The lowest BCUT2D eigenvalue weighted by Crippen LogP contribution is -2.46. The number of rotatable bonds is 6. The summed E-state index contributed by atoms with van der Waals surface area (Å²) in [6.45, 7) is 12.9. The van der Waals surface area contributed by atoms with E-state index in [4.69, 9.17) is 4.74 Å². The third-order valence-electron chi connectivity index (χ3n) is 3.41. The summed E-state index contributed by atoms with van der Waals surface area (Å²) in [5.41, 5.74) is -0.423. The number of hydrogen-bond acceptors (Lipinski definition) is 4. The fourth-order valence-electron chi connectivity index (χ4n) is 2.41. The molecule has 0 aromatic heterocycles. The SMILES string of the molecule is CCN1CCCC(NCCCNC(=O)OC(C)(C)C)C1. The van der Waals surface area contributed by atoms with Crippen LogP contribution in [-0.2, 0) is 4.74 Å². The van der Waals surface area contributed by atoms with Gasteiger partial charge in [0.2, 0.25) is 0 Å². The summed E-state index contributed by atoms with van der Waals surface area (Å²) in [5.74, 6) is 0. The van der Waals surface area contributed by atoms with Gasteiger partial charge in [-0.1, -0.05) is 6.92 Å². The molecule has 1 amide bonds. The first-order valence-corrected chi connectivity index (χ1v) is 7.83. The monoisotopic (exact) mass is 285 g/mol. The highest BCUT2D eigenvalue weighted by molar-refractivity contribution is 5.67. The van der Waals surface area contributed by atoms with Crippen LogP contribution in [0.3, 0.4) is 0 Å². The van der Waals surface area contributed by atoms with Crippen LogP contribution >= 0.6 is 0 Å². The Morgan fingerprint density at radius 2 is 2.10 bits per heavy atom. The molecule has 1 heterocycles. The van der Waals surface area contributed by atoms with Gasteiger partial charge in [0.15, 0.2) is 0 Å². The Hall–Kier alpha value is -0.810. The summed E-state index contributed by atoms with van der Waals surface area (Å²) < 4.78 is 5.19. The van der Waals surface area contributed by atoms with Crippen LogP contribution in [0.15, 0.2) is 0 Å². The number of piperidine rings is 1. The number of carbonyl (C=O) groups excluding carboxylic acids is 1. The first-order chi connectivity index (χ1) is 9.40. The van der Waals surface area contributed by atoms with E-state index in [9.17, 15) is 4.79 Å². The number of likely N-dealkylation sites (N-methyl/N-ethyl adjacent to an activating group) is 1. The van der Waals surface area contributed by atoms with Crippen molar-refractivity contribution in [2.24, 2.45) is 0 Å². The number of nitrogens with zero attached hydrogens (tertiary/aromatic N) is 1. The second-order valence-corrected chi connectivity index (χ2v) is 6.47. The molecule has 5 nitrogen and oxygen atoms in total. The molecule has 1 unspecified atom stereocenters. The molecule has 0 spiro atoms. The standard InChI is InChI=1S/C15H31N3O2/c1-5-18-11-6-8-13(12-18)16-9-7-10-17-14(19)20-15(2,3)4/h13,16H,5-12H2,1-4H3,(H,17,19). The first kappa shape index (κ1) is 17.2. The minimum atomic E-state index is -0.423. The van der Waals surface area contributed by atoms with E-state index in [1.165, 1.54) is 19.4 Å². The summed E-state index contributed by atoms with van der Waals surface area (Å²) >= 11 is 0. The zero-order valence-corrected chi connectivity index (χ0v) is 13.5. The van der Waals surface area contributed by atoms with Gasteiger partial charge in [-0.3, -0.25) is 0 Å². The van der Waals surface area contributed by atoms with E-state index in [0.717, 1.165) is 26.1 Å². The number of nitrogens with one attached hydrogen (secondary N) is 2. The molecule has 1 saturated heterocycles. The molecule has 2 N–H and O–H groups in total. The first-order valence-electron chi connectivity index (χ1n) is 7.83. The third kappa shape index (κ3) is 7.70. The largest absolute Gasteiger partial charge is 0.444 e. The summed E-state index contributed by atoms with van der Waals surface area (Å²) in [4.78, 5) is 13.9. The fourth-order valence-corrected chi connectivity index (χ4v) is 2.41. The molecule has 0 saturated carbocycles. The van der Waals surface area contributed by atoms with Gasteiger partial charge < -0.3 is 20.3 Å². The van der Waals surface area contributed by atoms with Crippen LogP contribution in [0.1, 0.15) is 47.0 Å². The molecule has 0 bridgehead atoms. The normalized spacial score (nSPS) is 20.7. The smallest absolute Gasteiger partial charge is 0.407 e. The fraction of sp³-hybridized carbons (Fsp3) is 0.933. The minimum Gasteiger partial charge on any atom is -0.444 e. The van der Waals surface area contributed by atoms with Crippen LogP contribution in [0.5, 0.6) is 0 Å². The Balaban J connectivity index is 2.03. The second-order valence-electron chi connectivity index (χ2n) is 6.47. The Labute approximate surface area is 123 Å². The lowest BCUT2D eigenvalue weighted by molar-refractivity contribution is 0.0527. The molecule has 1 aliphatic rings. The van der Waals surface area contributed by atoms with Crippen molar-refractivity contribution in [3.63, 3.8) is 0 Å². The predicted molar refractivity (Wildman–Crippen MR) is 82.0 cm³/mol. The van der Waals surface area contributed by atoms with Crippen LogP contribution < -0.4 is 10.6 Å². The Morgan fingerprint density at radius 3 is 2.75 bits per heavy atom. The molecule has 0 aliphatic carbocycles. The summed E-state index contributed by atoms with van der Waals surface area (Å²) in [5, 5.41) is 6.36. The molecule has 1 rings (SSSR count). The molecule has 0 aromatic rings. The van der Waals surface area contributed by atoms with E-state index in [1.807, 2.05) is 20.8 Å². The lowest BCUT2D eigenvalue weighted by Gasteiger charge is -2.32. The van der Waals surface area contributed by atoms with Gasteiger partial charge in [0.1, 0.15) is 5.60 Å². The summed E-state index contributed by atoms with van der Waals surface area (Å²) in [7, 11) is 0. The minimum absolute atomic E-state index is 0.327. The quantitative estimate of drug-likeness (QED) is 0.733. The van der Waals surface area contributed by atoms with E-state index < -0.39 is 5.60 Å². The average Bonchev–Trinajstić information content (AvgIpc) is 2.36. The van der Waals surface area contributed by atoms with Gasteiger partial charge in [-0.05, 0) is 59.7 Å². The molecule has 0 radical (unpaired) electrons. The van der Waals surface area contributed by atoms with Crippen molar-refractivity contribution in [1.29, 1.82) is 0 Å². The second kappa shape index (κ2) is 8.47. The van der Waals surface area contributed by atoms with Gasteiger partial charge in [-0.25, -0.2) is 4.79 Å². The lowest BCUT2D eigenvalue weighted by atomic mass is 10.1. The maximum absolute atomic E-state index is 11.4. The zero-order valence-electron chi connectivity index (χ0n) is 13.5. The van der Waals surface area contributed by atoms with Gasteiger partial charge in [-0.15, -0.1) is 0 Å². The molecule has 5 heteroatoms. The molecular weight excluding hydrogens is 254 g/mol. The van der Waals surface area contributed by atoms with Crippen LogP contribution in [0, 0.1) is 0 Å². The van der Waals surface area contributed by atoms with E-state index >= 15 is 0 Å².